The molecule has 7 nitrogen and oxygen atoms in total. The van der Waals surface area contributed by atoms with E-state index in [9.17, 15) is 14.4 Å². The van der Waals surface area contributed by atoms with Crippen LogP contribution in [0.15, 0.2) is 49.2 Å². The third-order valence-corrected chi connectivity index (χ3v) is 4.69. The lowest BCUT2D eigenvalue weighted by atomic mass is 10.0. The van der Waals surface area contributed by atoms with Crippen molar-refractivity contribution < 1.29 is 14.4 Å². The average Bonchev–Trinajstić information content (AvgIpc) is 2.62. The highest BCUT2D eigenvalue weighted by Crippen LogP contribution is 2.23. The third kappa shape index (κ3) is 4.09. The van der Waals surface area contributed by atoms with Crippen LogP contribution in [0.5, 0.6) is 0 Å². The molecule has 2 N–H and O–H groups in total. The molecule has 0 spiro atoms. The molecule has 1 aliphatic rings. The van der Waals surface area contributed by atoms with Crippen molar-refractivity contribution in [3.8, 4) is 0 Å². The standard InChI is InChI=1S/C21H22N4O3/c1-4-19(26)25-10-8-17(25)21(28)23-16-12-15(6-5-14(16)3)20(27)24-18-11-13(2)7-9-22-18/h4-7,9,11-12,17H,1,8,10H2,2-3H3,(H,23,28)(H,22,24,27). The van der Waals surface area contributed by atoms with E-state index in [0.717, 1.165) is 11.1 Å². The Bertz CT molecular complexity index is 954. The maximum atomic E-state index is 12.5. The summed E-state index contributed by atoms with van der Waals surface area (Å²) in [4.78, 5) is 42.4. The zero-order valence-electron chi connectivity index (χ0n) is 15.9. The van der Waals surface area contributed by atoms with Gasteiger partial charge in [-0.25, -0.2) is 4.98 Å². The molecular weight excluding hydrogens is 356 g/mol. The van der Waals surface area contributed by atoms with Crippen molar-refractivity contribution in [2.24, 2.45) is 0 Å². The molecule has 0 bridgehead atoms. The van der Waals surface area contributed by atoms with Crippen LogP contribution in [0.4, 0.5) is 11.5 Å². The first kappa shape index (κ1) is 19.3. The lowest BCUT2D eigenvalue weighted by Crippen LogP contribution is -2.56. The fourth-order valence-electron chi connectivity index (χ4n) is 2.95. The molecule has 1 aliphatic heterocycles. The Morgan fingerprint density at radius 1 is 1.18 bits per heavy atom. The number of hydrogen-bond donors (Lipinski definition) is 2. The quantitative estimate of drug-likeness (QED) is 0.783. The van der Waals surface area contributed by atoms with E-state index >= 15 is 0 Å². The maximum absolute atomic E-state index is 12.5. The van der Waals surface area contributed by atoms with Crippen LogP contribution in [0.1, 0.15) is 27.9 Å². The summed E-state index contributed by atoms with van der Waals surface area (Å²) in [6.45, 7) is 7.74. The molecule has 3 amide bonds. The maximum Gasteiger partial charge on any atom is 0.256 e. The van der Waals surface area contributed by atoms with Crippen molar-refractivity contribution in [3.05, 3.63) is 65.9 Å². The fraction of sp³-hybridized carbons (Fsp3) is 0.238. The second-order valence-corrected chi connectivity index (χ2v) is 6.73. The van der Waals surface area contributed by atoms with Crippen LogP contribution >= 0.6 is 0 Å². The predicted molar refractivity (Wildman–Crippen MR) is 107 cm³/mol. The van der Waals surface area contributed by atoms with Gasteiger partial charge in [0, 0.05) is 24.0 Å². The van der Waals surface area contributed by atoms with Crippen LogP contribution in [0.2, 0.25) is 0 Å². The van der Waals surface area contributed by atoms with Gasteiger partial charge >= 0.3 is 0 Å². The smallest absolute Gasteiger partial charge is 0.256 e. The number of aryl methyl sites for hydroxylation is 2. The van der Waals surface area contributed by atoms with E-state index in [1.807, 2.05) is 19.9 Å². The molecule has 1 atom stereocenters. The van der Waals surface area contributed by atoms with Gasteiger partial charge in [-0.2, -0.15) is 0 Å². The fourth-order valence-corrected chi connectivity index (χ4v) is 2.95. The molecule has 28 heavy (non-hydrogen) atoms. The minimum Gasteiger partial charge on any atom is -0.327 e. The number of hydrogen-bond acceptors (Lipinski definition) is 4. The van der Waals surface area contributed by atoms with Gasteiger partial charge in [0.15, 0.2) is 0 Å². The number of carbonyl (C=O) groups is 3. The number of rotatable bonds is 5. The summed E-state index contributed by atoms with van der Waals surface area (Å²) in [5.74, 6) is -0.394. The van der Waals surface area contributed by atoms with Gasteiger partial charge in [0.2, 0.25) is 11.8 Å². The summed E-state index contributed by atoms with van der Waals surface area (Å²) in [6, 6.07) is 8.18. The number of aromatic nitrogens is 1. The van der Waals surface area contributed by atoms with E-state index in [0.29, 0.717) is 30.0 Å². The van der Waals surface area contributed by atoms with Gasteiger partial charge < -0.3 is 15.5 Å². The highest BCUT2D eigenvalue weighted by atomic mass is 16.2. The van der Waals surface area contributed by atoms with Crippen molar-refractivity contribution in [1.82, 2.24) is 9.88 Å². The summed E-state index contributed by atoms with van der Waals surface area (Å²) in [7, 11) is 0. The Kier molecular flexibility index (Phi) is 5.54. The molecule has 3 rings (SSSR count). The Labute approximate surface area is 163 Å². The van der Waals surface area contributed by atoms with E-state index in [-0.39, 0.29) is 17.7 Å². The monoisotopic (exact) mass is 378 g/mol. The van der Waals surface area contributed by atoms with Crippen molar-refractivity contribution >= 4 is 29.2 Å². The van der Waals surface area contributed by atoms with E-state index in [4.69, 9.17) is 0 Å². The highest BCUT2D eigenvalue weighted by molar-refractivity contribution is 6.06. The lowest BCUT2D eigenvalue weighted by Gasteiger charge is -2.39. The van der Waals surface area contributed by atoms with E-state index < -0.39 is 6.04 Å². The first-order chi connectivity index (χ1) is 13.4. The number of carbonyl (C=O) groups excluding carboxylic acids is 3. The van der Waals surface area contributed by atoms with Crippen molar-refractivity contribution in [3.63, 3.8) is 0 Å². The largest absolute Gasteiger partial charge is 0.327 e. The average molecular weight is 378 g/mol. The Morgan fingerprint density at radius 2 is 1.96 bits per heavy atom. The summed E-state index contributed by atoms with van der Waals surface area (Å²) < 4.78 is 0. The minimum atomic E-state index is -0.515. The second kappa shape index (κ2) is 8.04. The van der Waals surface area contributed by atoms with Crippen LogP contribution in [-0.4, -0.2) is 40.2 Å². The van der Waals surface area contributed by atoms with E-state index in [2.05, 4.69) is 22.2 Å². The molecule has 2 aromatic rings. The zero-order valence-corrected chi connectivity index (χ0v) is 15.9. The number of nitrogens with zero attached hydrogens (tertiary/aromatic N) is 2. The van der Waals surface area contributed by atoms with E-state index in [1.54, 1.807) is 30.5 Å². The normalized spacial score (nSPS) is 15.4. The van der Waals surface area contributed by atoms with Crippen LogP contribution in [0.3, 0.4) is 0 Å². The lowest BCUT2D eigenvalue weighted by molar-refractivity contribution is -0.141. The molecule has 1 aromatic heterocycles. The Hall–Kier alpha value is -3.48. The number of benzene rings is 1. The molecule has 1 saturated heterocycles. The minimum absolute atomic E-state index is 0.262. The molecule has 2 heterocycles. The molecule has 144 valence electrons. The number of anilines is 2. The number of amides is 3. The molecule has 0 aliphatic carbocycles. The predicted octanol–water partition coefficient (Wildman–Crippen LogP) is 2.68. The molecule has 1 unspecified atom stereocenters. The van der Waals surface area contributed by atoms with Crippen LogP contribution in [0, 0.1) is 13.8 Å². The molecule has 0 radical (unpaired) electrons. The topological polar surface area (TPSA) is 91.4 Å². The van der Waals surface area contributed by atoms with Crippen molar-refractivity contribution in [2.75, 3.05) is 17.2 Å². The number of likely N-dealkylation sites (tertiary alicyclic amines) is 1. The van der Waals surface area contributed by atoms with Crippen LogP contribution < -0.4 is 10.6 Å². The van der Waals surface area contributed by atoms with Crippen molar-refractivity contribution in [2.45, 2.75) is 26.3 Å². The van der Waals surface area contributed by atoms with Gasteiger partial charge in [-0.3, -0.25) is 14.4 Å². The molecular formula is C21H22N4O3. The highest BCUT2D eigenvalue weighted by Gasteiger charge is 2.36. The molecule has 1 fully saturated rings. The Morgan fingerprint density at radius 3 is 2.61 bits per heavy atom. The van der Waals surface area contributed by atoms with Crippen LogP contribution in [0.25, 0.3) is 0 Å². The summed E-state index contributed by atoms with van der Waals surface area (Å²) in [5, 5.41) is 5.57. The summed E-state index contributed by atoms with van der Waals surface area (Å²) in [5.41, 5.74) is 2.74. The first-order valence-corrected chi connectivity index (χ1v) is 8.97. The van der Waals surface area contributed by atoms with Gasteiger partial charge in [0.25, 0.3) is 5.91 Å². The molecule has 1 aromatic carbocycles. The first-order valence-electron chi connectivity index (χ1n) is 8.97. The number of nitrogens with one attached hydrogen (secondary N) is 2. The van der Waals surface area contributed by atoms with Gasteiger partial charge in [-0.15, -0.1) is 0 Å². The number of pyridine rings is 1. The van der Waals surface area contributed by atoms with E-state index in [1.165, 1.54) is 11.0 Å². The summed E-state index contributed by atoms with van der Waals surface area (Å²) in [6.07, 6.45) is 3.43. The van der Waals surface area contributed by atoms with Gasteiger partial charge in [-0.1, -0.05) is 12.6 Å². The Balaban J connectivity index is 1.72. The molecule has 0 saturated carbocycles. The molecule has 7 heteroatoms. The SMILES string of the molecule is C=CC(=O)N1CCC1C(=O)Nc1cc(C(=O)Nc2cc(C)ccn2)ccc1C. The third-order valence-electron chi connectivity index (χ3n) is 4.69. The van der Waals surface area contributed by atoms with Gasteiger partial charge in [-0.05, 0) is 61.7 Å². The van der Waals surface area contributed by atoms with Crippen LogP contribution in [-0.2, 0) is 9.59 Å². The zero-order chi connectivity index (χ0) is 20.3. The van der Waals surface area contributed by atoms with Gasteiger partial charge in [0.1, 0.15) is 11.9 Å². The van der Waals surface area contributed by atoms with Crippen molar-refractivity contribution in [1.29, 1.82) is 0 Å². The summed E-state index contributed by atoms with van der Waals surface area (Å²) >= 11 is 0. The van der Waals surface area contributed by atoms with Gasteiger partial charge in [0.05, 0.1) is 0 Å². The second-order valence-electron chi connectivity index (χ2n) is 6.73.